The Hall–Kier alpha value is -1.94. The van der Waals surface area contributed by atoms with Gasteiger partial charge in [0.05, 0.1) is 0 Å². The highest BCUT2D eigenvalue weighted by Gasteiger charge is 2.39. The summed E-state index contributed by atoms with van der Waals surface area (Å²) in [6.07, 6.45) is 2.40. The summed E-state index contributed by atoms with van der Waals surface area (Å²) in [6, 6.07) is 13.1. The van der Waals surface area contributed by atoms with Crippen molar-refractivity contribution in [2.24, 2.45) is 0 Å². The van der Waals surface area contributed by atoms with E-state index in [2.05, 4.69) is 97.7 Å². The number of ketones is 2. The Bertz CT molecular complexity index is 1790. The van der Waals surface area contributed by atoms with Crippen molar-refractivity contribution in [3.05, 3.63) is 91.7 Å². The zero-order valence-corrected chi connectivity index (χ0v) is 27.9. The first-order valence-corrected chi connectivity index (χ1v) is 18.3. The van der Waals surface area contributed by atoms with Crippen LogP contribution in [0.2, 0.25) is 0 Å². The van der Waals surface area contributed by atoms with Crippen LogP contribution in [0.5, 0.6) is 0 Å². The van der Waals surface area contributed by atoms with Crippen LogP contribution in [-0.4, -0.2) is 34.6 Å². The van der Waals surface area contributed by atoms with E-state index in [1.807, 2.05) is 0 Å². The van der Waals surface area contributed by atoms with Crippen molar-refractivity contribution in [1.82, 2.24) is 0 Å². The van der Waals surface area contributed by atoms with Gasteiger partial charge in [0.1, 0.15) is 0 Å². The highest BCUT2D eigenvalue weighted by molar-refractivity contribution is 7.80. The number of thiophene rings is 2. The predicted octanol–water partition coefficient (Wildman–Crippen LogP) is 9.09. The molecule has 2 heterocycles. The van der Waals surface area contributed by atoms with Crippen LogP contribution >= 0.6 is 73.2 Å². The molecule has 6 aromatic rings. The van der Waals surface area contributed by atoms with Gasteiger partial charge in [0.15, 0.2) is 11.6 Å². The van der Waals surface area contributed by atoms with Crippen molar-refractivity contribution in [1.29, 1.82) is 0 Å². The fraction of sp³-hybridized carbons (Fsp3) is 0.235. The van der Waals surface area contributed by atoms with Crippen LogP contribution in [0.4, 0.5) is 0 Å². The minimum atomic E-state index is -0.0468. The molecule has 0 aliphatic heterocycles. The summed E-state index contributed by atoms with van der Waals surface area (Å²) in [6.45, 7) is 0. The molecule has 2 nitrogen and oxygen atoms in total. The first-order chi connectivity index (χ1) is 20.5. The smallest absolute Gasteiger partial charge is 0.195 e. The Morgan fingerprint density at radius 2 is 0.786 bits per heavy atom. The van der Waals surface area contributed by atoms with E-state index in [9.17, 15) is 0 Å². The van der Waals surface area contributed by atoms with Crippen LogP contribution in [0.3, 0.4) is 0 Å². The second kappa shape index (κ2) is 11.5. The topological polar surface area (TPSA) is 34.1 Å². The van der Waals surface area contributed by atoms with Gasteiger partial charge in [0.2, 0.25) is 0 Å². The average molecular weight is 661 g/mol. The van der Waals surface area contributed by atoms with Gasteiger partial charge in [0, 0.05) is 31.7 Å². The molecular weight excluding hydrogens is 633 g/mol. The molecule has 4 aromatic carbocycles. The first-order valence-electron chi connectivity index (χ1n) is 14.0. The summed E-state index contributed by atoms with van der Waals surface area (Å²) in [5.74, 6) is 2.21. The second-order valence-electron chi connectivity index (χ2n) is 10.7. The summed E-state index contributed by atoms with van der Waals surface area (Å²) in [5, 5.41) is 10.7. The molecule has 0 amide bonds. The van der Waals surface area contributed by atoms with Crippen molar-refractivity contribution in [2.45, 2.75) is 25.7 Å². The summed E-state index contributed by atoms with van der Waals surface area (Å²) in [5.41, 5.74) is 5.97. The maximum absolute atomic E-state index is 15.0. The van der Waals surface area contributed by atoms with Crippen molar-refractivity contribution in [2.75, 3.05) is 23.0 Å². The first kappa shape index (κ1) is 28.8. The predicted molar refractivity (Wildman–Crippen MR) is 196 cm³/mol. The van der Waals surface area contributed by atoms with Crippen LogP contribution in [0.15, 0.2) is 47.2 Å². The van der Waals surface area contributed by atoms with Crippen LogP contribution in [0.25, 0.3) is 41.7 Å². The van der Waals surface area contributed by atoms with Crippen LogP contribution in [0, 0.1) is 0 Å². The maximum Gasteiger partial charge on any atom is 0.195 e. The largest absolute Gasteiger partial charge is 0.289 e. The number of rotatable bonds is 8. The summed E-state index contributed by atoms with van der Waals surface area (Å²) >= 11 is 21.8. The van der Waals surface area contributed by atoms with Crippen molar-refractivity contribution in [3.63, 3.8) is 0 Å². The van der Waals surface area contributed by atoms with Gasteiger partial charge in [-0.3, -0.25) is 9.59 Å². The number of thiol groups is 4. The van der Waals surface area contributed by atoms with E-state index in [0.29, 0.717) is 70.9 Å². The van der Waals surface area contributed by atoms with E-state index in [1.54, 1.807) is 22.7 Å². The summed E-state index contributed by atoms with van der Waals surface area (Å²) in [4.78, 5) is 30.1. The standard InChI is InChI=1S/C34H28O2S6/c35-33-29-19(1-7-37)23-13-17-5-11-41-27(17)15-25(23)21(3-9-39)31(29)34(36)30-20(2-8-38)24-14-18-6-12-42-28(18)16-26(24)22(4-10-40)32(30)33/h5-6,11-16,37-40H,1-4,7-10H2. The van der Waals surface area contributed by atoms with Gasteiger partial charge in [-0.1, -0.05) is 0 Å². The fourth-order valence-corrected chi connectivity index (χ4v) is 9.41. The molecule has 0 radical (unpaired) electrons. The number of hydrogen-bond donors (Lipinski definition) is 4. The molecule has 42 heavy (non-hydrogen) atoms. The molecule has 2 aromatic heterocycles. The van der Waals surface area contributed by atoms with Crippen molar-refractivity contribution < 1.29 is 9.59 Å². The molecule has 1 aliphatic rings. The molecule has 212 valence electrons. The van der Waals surface area contributed by atoms with Gasteiger partial charge in [-0.05, 0) is 150 Å². The number of hydrogen-bond acceptors (Lipinski definition) is 8. The minimum Gasteiger partial charge on any atom is -0.289 e. The molecule has 8 heteroatoms. The molecule has 0 saturated carbocycles. The van der Waals surface area contributed by atoms with Gasteiger partial charge < -0.3 is 0 Å². The Kier molecular flexibility index (Phi) is 7.91. The average Bonchev–Trinajstić information content (AvgIpc) is 3.65. The van der Waals surface area contributed by atoms with E-state index in [4.69, 9.17) is 0 Å². The molecule has 0 fully saturated rings. The highest BCUT2D eigenvalue weighted by Crippen LogP contribution is 2.45. The third-order valence-electron chi connectivity index (χ3n) is 8.55. The number of fused-ring (bicyclic) bond motifs is 6. The Balaban J connectivity index is 1.67. The molecule has 0 atom stereocenters. The highest BCUT2D eigenvalue weighted by atomic mass is 32.1. The van der Waals surface area contributed by atoms with E-state index >= 15 is 9.59 Å². The van der Waals surface area contributed by atoms with Crippen LogP contribution in [-0.2, 0) is 25.7 Å². The SMILES string of the molecule is O=C1c2c(c(CCS)c3cc4sccc4cc3c2CCS)C(=O)c2c1c(CCS)c1cc3sccc3cc1c2CCS. The van der Waals surface area contributed by atoms with Crippen LogP contribution < -0.4 is 0 Å². The van der Waals surface area contributed by atoms with Crippen molar-refractivity contribution >= 4 is 126 Å². The molecule has 0 N–H and O–H groups in total. The summed E-state index contributed by atoms with van der Waals surface area (Å²) in [7, 11) is 0. The molecule has 0 bridgehead atoms. The molecule has 0 unspecified atom stereocenters. The van der Waals surface area contributed by atoms with E-state index in [1.165, 1.54) is 9.40 Å². The third kappa shape index (κ3) is 4.32. The molecule has 1 aliphatic carbocycles. The Morgan fingerprint density at radius 1 is 0.476 bits per heavy atom. The lowest BCUT2D eigenvalue weighted by Gasteiger charge is -2.29. The lowest BCUT2D eigenvalue weighted by molar-refractivity contribution is 0.0977. The van der Waals surface area contributed by atoms with E-state index in [0.717, 1.165) is 54.6 Å². The van der Waals surface area contributed by atoms with Gasteiger partial charge in [-0.25, -0.2) is 0 Å². The quantitative estimate of drug-likeness (QED) is 0.123. The van der Waals surface area contributed by atoms with Crippen LogP contribution in [0.1, 0.15) is 54.1 Å². The second-order valence-corrected chi connectivity index (χ2v) is 14.4. The van der Waals surface area contributed by atoms with Crippen molar-refractivity contribution in [3.8, 4) is 0 Å². The maximum atomic E-state index is 15.0. The molecule has 0 saturated heterocycles. The third-order valence-corrected chi connectivity index (χ3v) is 11.2. The van der Waals surface area contributed by atoms with Gasteiger partial charge in [-0.2, -0.15) is 50.5 Å². The van der Waals surface area contributed by atoms with Gasteiger partial charge in [0.25, 0.3) is 0 Å². The number of carbonyl (C=O) groups excluding carboxylic acids is 2. The zero-order valence-electron chi connectivity index (χ0n) is 22.7. The lowest BCUT2D eigenvalue weighted by Crippen LogP contribution is -2.28. The van der Waals surface area contributed by atoms with Gasteiger partial charge >= 0.3 is 0 Å². The molecule has 0 spiro atoms. The molecule has 7 rings (SSSR count). The Morgan fingerprint density at radius 3 is 1.10 bits per heavy atom. The lowest BCUT2D eigenvalue weighted by atomic mass is 9.72. The van der Waals surface area contributed by atoms with E-state index < -0.39 is 0 Å². The monoisotopic (exact) mass is 660 g/mol. The number of aryl methyl sites for hydroxylation is 4. The number of carbonyl (C=O) groups is 2. The van der Waals surface area contributed by atoms with Gasteiger partial charge in [-0.15, -0.1) is 22.7 Å². The molecular formula is C34H28O2S6. The zero-order chi connectivity index (χ0) is 29.1. The summed E-state index contributed by atoms with van der Waals surface area (Å²) < 4.78 is 2.35. The minimum absolute atomic E-state index is 0.0468. The van der Waals surface area contributed by atoms with E-state index in [-0.39, 0.29) is 11.6 Å². The normalized spacial score (nSPS) is 13.1. The number of benzene rings is 4. The fourth-order valence-electron chi connectivity index (χ4n) is 6.90. The Labute approximate surface area is 274 Å².